The Hall–Kier alpha value is -2.54. The van der Waals surface area contributed by atoms with Crippen molar-refractivity contribution in [2.45, 2.75) is 6.92 Å². The van der Waals surface area contributed by atoms with Gasteiger partial charge in [-0.25, -0.2) is 4.98 Å². The van der Waals surface area contributed by atoms with Crippen molar-refractivity contribution in [3.63, 3.8) is 0 Å². The van der Waals surface area contributed by atoms with Crippen LogP contribution in [0.15, 0.2) is 36.4 Å². The molecule has 0 spiro atoms. The van der Waals surface area contributed by atoms with Gasteiger partial charge in [0.1, 0.15) is 0 Å². The van der Waals surface area contributed by atoms with Gasteiger partial charge in [-0.1, -0.05) is 6.07 Å². The largest absolute Gasteiger partial charge is 0.396 e. The lowest BCUT2D eigenvalue weighted by Gasteiger charge is -2.20. The van der Waals surface area contributed by atoms with Crippen molar-refractivity contribution in [1.29, 1.82) is 5.26 Å². The molecular weight excluding hydrogens is 224 g/mol. The molecule has 0 aliphatic carbocycles. The van der Waals surface area contributed by atoms with Gasteiger partial charge in [0.05, 0.1) is 17.3 Å². The van der Waals surface area contributed by atoms with Crippen LogP contribution in [0, 0.1) is 18.3 Å². The first kappa shape index (κ1) is 11.9. The zero-order valence-corrected chi connectivity index (χ0v) is 10.4. The molecule has 0 fully saturated rings. The molecule has 2 aromatic rings. The van der Waals surface area contributed by atoms with E-state index < -0.39 is 0 Å². The lowest BCUT2D eigenvalue weighted by Crippen LogP contribution is -2.14. The predicted molar refractivity (Wildman–Crippen MR) is 72.6 cm³/mol. The molecule has 0 saturated heterocycles. The Bertz CT molecular complexity index is 613. The van der Waals surface area contributed by atoms with Crippen LogP contribution in [-0.2, 0) is 0 Å². The minimum atomic E-state index is 0.616. The van der Waals surface area contributed by atoms with Gasteiger partial charge in [0.2, 0.25) is 0 Å². The Morgan fingerprint density at radius 2 is 2.06 bits per heavy atom. The number of rotatable bonds is 2. The van der Waals surface area contributed by atoms with Crippen LogP contribution >= 0.6 is 0 Å². The van der Waals surface area contributed by atoms with Crippen LogP contribution < -0.4 is 10.6 Å². The standard InChI is InChI=1S/C14H14N4/c1-10-6-7-13(16)14(17-10)18(2)12-5-3-4-11(8-12)9-15/h3-8H,16H2,1-2H3. The van der Waals surface area contributed by atoms with Gasteiger partial charge >= 0.3 is 0 Å². The van der Waals surface area contributed by atoms with Crippen molar-refractivity contribution in [3.8, 4) is 6.07 Å². The Labute approximate surface area is 106 Å². The van der Waals surface area contributed by atoms with Crippen LogP contribution in [0.3, 0.4) is 0 Å². The molecule has 2 N–H and O–H groups in total. The van der Waals surface area contributed by atoms with Gasteiger partial charge in [-0.3, -0.25) is 0 Å². The zero-order chi connectivity index (χ0) is 13.1. The van der Waals surface area contributed by atoms with Gasteiger partial charge < -0.3 is 10.6 Å². The van der Waals surface area contributed by atoms with E-state index in [-0.39, 0.29) is 0 Å². The summed E-state index contributed by atoms with van der Waals surface area (Å²) < 4.78 is 0. The van der Waals surface area contributed by atoms with Crippen LogP contribution in [0.1, 0.15) is 11.3 Å². The highest BCUT2D eigenvalue weighted by Crippen LogP contribution is 2.27. The Morgan fingerprint density at radius 1 is 1.28 bits per heavy atom. The van der Waals surface area contributed by atoms with Crippen molar-refractivity contribution in [2.75, 3.05) is 17.7 Å². The first-order valence-corrected chi connectivity index (χ1v) is 5.59. The van der Waals surface area contributed by atoms with Crippen LogP contribution in [0.2, 0.25) is 0 Å². The fraction of sp³-hybridized carbons (Fsp3) is 0.143. The molecule has 0 saturated carbocycles. The fourth-order valence-corrected chi connectivity index (χ4v) is 1.73. The van der Waals surface area contributed by atoms with Crippen LogP contribution in [0.5, 0.6) is 0 Å². The summed E-state index contributed by atoms with van der Waals surface area (Å²) in [5.74, 6) is 0.699. The lowest BCUT2D eigenvalue weighted by molar-refractivity contribution is 1.09. The van der Waals surface area contributed by atoms with Crippen molar-refractivity contribution in [2.24, 2.45) is 0 Å². The number of aromatic nitrogens is 1. The van der Waals surface area contributed by atoms with E-state index in [2.05, 4.69) is 11.1 Å². The third-order valence-corrected chi connectivity index (χ3v) is 2.72. The third-order valence-electron chi connectivity index (χ3n) is 2.72. The highest BCUT2D eigenvalue weighted by molar-refractivity contribution is 5.71. The molecule has 1 aromatic heterocycles. The molecule has 2 rings (SSSR count). The van der Waals surface area contributed by atoms with Gasteiger partial charge in [0.25, 0.3) is 0 Å². The average Bonchev–Trinajstić information content (AvgIpc) is 2.41. The van der Waals surface area contributed by atoms with Crippen molar-refractivity contribution in [3.05, 3.63) is 47.7 Å². The Morgan fingerprint density at radius 3 is 2.78 bits per heavy atom. The van der Waals surface area contributed by atoms with E-state index in [1.807, 2.05) is 49.2 Å². The zero-order valence-electron chi connectivity index (χ0n) is 10.4. The van der Waals surface area contributed by atoms with Crippen molar-refractivity contribution < 1.29 is 0 Å². The van der Waals surface area contributed by atoms with Crippen molar-refractivity contribution in [1.82, 2.24) is 4.98 Å². The molecule has 4 nitrogen and oxygen atoms in total. The number of benzene rings is 1. The summed E-state index contributed by atoms with van der Waals surface area (Å²) in [7, 11) is 1.88. The summed E-state index contributed by atoms with van der Waals surface area (Å²) >= 11 is 0. The molecule has 4 heteroatoms. The second-order valence-electron chi connectivity index (χ2n) is 4.09. The first-order valence-electron chi connectivity index (χ1n) is 5.59. The van der Waals surface area contributed by atoms with Gasteiger partial charge in [0.15, 0.2) is 5.82 Å². The number of nitrogens with zero attached hydrogens (tertiary/aromatic N) is 3. The number of hydrogen-bond donors (Lipinski definition) is 1. The van der Waals surface area contributed by atoms with E-state index in [4.69, 9.17) is 11.0 Å². The monoisotopic (exact) mass is 238 g/mol. The molecule has 90 valence electrons. The van der Waals surface area contributed by atoms with Gasteiger partial charge in [-0.05, 0) is 37.3 Å². The molecule has 0 unspecified atom stereocenters. The Balaban J connectivity index is 2.44. The molecule has 0 atom stereocenters. The van der Waals surface area contributed by atoms with E-state index in [0.717, 1.165) is 11.4 Å². The van der Waals surface area contributed by atoms with Crippen LogP contribution in [0.4, 0.5) is 17.2 Å². The normalized spacial score (nSPS) is 9.83. The molecule has 0 aliphatic rings. The Kier molecular flexibility index (Phi) is 3.16. The van der Waals surface area contributed by atoms with Crippen LogP contribution in [-0.4, -0.2) is 12.0 Å². The first-order chi connectivity index (χ1) is 8.61. The average molecular weight is 238 g/mol. The number of anilines is 3. The number of nitriles is 1. The maximum Gasteiger partial charge on any atom is 0.156 e. The number of hydrogen-bond acceptors (Lipinski definition) is 4. The minimum Gasteiger partial charge on any atom is -0.396 e. The highest BCUT2D eigenvalue weighted by atomic mass is 15.2. The molecular formula is C14H14N4. The van der Waals surface area contributed by atoms with E-state index >= 15 is 0 Å². The number of nitrogen functional groups attached to an aromatic ring is 1. The highest BCUT2D eigenvalue weighted by Gasteiger charge is 2.09. The summed E-state index contributed by atoms with van der Waals surface area (Å²) in [6.07, 6.45) is 0. The maximum absolute atomic E-state index is 8.90. The van der Waals surface area contributed by atoms with E-state index in [9.17, 15) is 0 Å². The molecule has 1 aromatic carbocycles. The summed E-state index contributed by atoms with van der Waals surface area (Å²) in [6.45, 7) is 1.92. The quantitative estimate of drug-likeness (QED) is 0.873. The molecule has 0 aliphatic heterocycles. The van der Waals surface area contributed by atoms with E-state index in [1.165, 1.54) is 0 Å². The molecule has 0 amide bonds. The summed E-state index contributed by atoms with van der Waals surface area (Å²) in [5.41, 5.74) is 8.95. The van der Waals surface area contributed by atoms with Gasteiger partial charge in [-0.15, -0.1) is 0 Å². The summed E-state index contributed by atoms with van der Waals surface area (Å²) in [6, 6.07) is 13.2. The fourth-order valence-electron chi connectivity index (χ4n) is 1.73. The summed E-state index contributed by atoms with van der Waals surface area (Å²) in [4.78, 5) is 6.30. The van der Waals surface area contributed by atoms with Gasteiger partial charge in [0, 0.05) is 18.4 Å². The smallest absolute Gasteiger partial charge is 0.156 e. The minimum absolute atomic E-state index is 0.616. The SMILES string of the molecule is Cc1ccc(N)c(N(C)c2cccc(C#N)c2)n1. The molecule has 0 bridgehead atoms. The summed E-state index contributed by atoms with van der Waals surface area (Å²) in [5, 5.41) is 8.90. The van der Waals surface area contributed by atoms with Gasteiger partial charge in [-0.2, -0.15) is 5.26 Å². The topological polar surface area (TPSA) is 65.9 Å². The number of pyridine rings is 1. The number of aryl methyl sites for hydroxylation is 1. The molecule has 18 heavy (non-hydrogen) atoms. The predicted octanol–water partition coefficient (Wildman–Crippen LogP) is 2.61. The second kappa shape index (κ2) is 4.76. The second-order valence-corrected chi connectivity index (χ2v) is 4.09. The van der Waals surface area contributed by atoms with E-state index in [0.29, 0.717) is 17.1 Å². The maximum atomic E-state index is 8.90. The third kappa shape index (κ3) is 2.25. The van der Waals surface area contributed by atoms with E-state index in [1.54, 1.807) is 6.07 Å². The molecule has 1 heterocycles. The van der Waals surface area contributed by atoms with Crippen molar-refractivity contribution >= 4 is 17.2 Å². The number of nitrogens with two attached hydrogens (primary N) is 1. The lowest BCUT2D eigenvalue weighted by atomic mass is 10.2. The molecule has 0 radical (unpaired) electrons. The van der Waals surface area contributed by atoms with Crippen LogP contribution in [0.25, 0.3) is 0 Å².